The van der Waals surface area contributed by atoms with Crippen molar-refractivity contribution < 1.29 is 14.8 Å². The van der Waals surface area contributed by atoms with E-state index in [1.807, 2.05) is 6.92 Å². The number of hydrogen-bond donors (Lipinski definition) is 2. The van der Waals surface area contributed by atoms with Gasteiger partial charge in [0.1, 0.15) is 0 Å². The van der Waals surface area contributed by atoms with E-state index in [-0.39, 0.29) is 18.2 Å². The van der Waals surface area contributed by atoms with Crippen LogP contribution in [-0.2, 0) is 0 Å². The van der Waals surface area contributed by atoms with Gasteiger partial charge in [-0.15, -0.1) is 0 Å². The zero-order chi connectivity index (χ0) is 14.6. The summed E-state index contributed by atoms with van der Waals surface area (Å²) >= 11 is 0. The van der Waals surface area contributed by atoms with Crippen LogP contribution in [-0.4, -0.2) is 28.1 Å². The lowest BCUT2D eigenvalue weighted by Gasteiger charge is -2.27. The number of nitro benzene ring substituents is 1. The first-order chi connectivity index (χ1) is 8.83. The molecule has 0 aromatic heterocycles. The zero-order valence-electron chi connectivity index (χ0n) is 11.3. The summed E-state index contributed by atoms with van der Waals surface area (Å²) in [5.74, 6) is -0.342. The molecule has 1 amide bonds. The van der Waals surface area contributed by atoms with Crippen LogP contribution in [0.1, 0.15) is 36.2 Å². The predicted molar refractivity (Wildman–Crippen MR) is 71.1 cm³/mol. The van der Waals surface area contributed by atoms with E-state index in [9.17, 15) is 20.0 Å². The fourth-order valence-electron chi connectivity index (χ4n) is 1.60. The first-order valence-corrected chi connectivity index (χ1v) is 6.01. The summed E-state index contributed by atoms with van der Waals surface area (Å²) < 4.78 is 0. The van der Waals surface area contributed by atoms with Crippen molar-refractivity contribution >= 4 is 11.6 Å². The highest BCUT2D eigenvalue weighted by molar-refractivity contribution is 5.96. The van der Waals surface area contributed by atoms with Crippen molar-refractivity contribution in [3.05, 3.63) is 39.4 Å². The van der Waals surface area contributed by atoms with E-state index in [0.29, 0.717) is 17.5 Å². The molecule has 0 saturated carbocycles. The van der Waals surface area contributed by atoms with Gasteiger partial charge in [0.05, 0.1) is 17.1 Å². The molecule has 19 heavy (non-hydrogen) atoms. The van der Waals surface area contributed by atoms with Gasteiger partial charge in [-0.25, -0.2) is 0 Å². The molecule has 0 spiro atoms. The van der Waals surface area contributed by atoms with Crippen LogP contribution >= 0.6 is 0 Å². The Kier molecular flexibility index (Phi) is 4.61. The normalized spacial score (nSPS) is 13.7. The van der Waals surface area contributed by atoms with E-state index < -0.39 is 10.5 Å². The van der Waals surface area contributed by atoms with Gasteiger partial charge in [0.2, 0.25) is 0 Å². The Morgan fingerprint density at radius 2 is 2.16 bits per heavy atom. The number of aliphatic hydroxyl groups is 1. The zero-order valence-corrected chi connectivity index (χ0v) is 11.3. The molecule has 0 aliphatic carbocycles. The summed E-state index contributed by atoms with van der Waals surface area (Å²) in [6.07, 6.45) is 0.585. The third-order valence-corrected chi connectivity index (χ3v) is 3.21. The van der Waals surface area contributed by atoms with E-state index in [1.54, 1.807) is 13.8 Å². The number of nitrogens with zero attached hydrogens (tertiary/aromatic N) is 1. The molecule has 6 heteroatoms. The average Bonchev–Trinajstić information content (AvgIpc) is 2.38. The number of non-ortho nitro benzene ring substituents is 1. The lowest BCUT2D eigenvalue weighted by Crippen LogP contribution is -2.48. The fourth-order valence-corrected chi connectivity index (χ4v) is 1.60. The number of aliphatic hydroxyl groups excluding tert-OH is 1. The van der Waals surface area contributed by atoms with Gasteiger partial charge in [-0.1, -0.05) is 6.92 Å². The molecular weight excluding hydrogens is 248 g/mol. The molecule has 0 radical (unpaired) electrons. The number of nitrogens with one attached hydrogen (secondary N) is 1. The summed E-state index contributed by atoms with van der Waals surface area (Å²) in [5.41, 5.74) is 0.168. The quantitative estimate of drug-likeness (QED) is 0.627. The number of benzene rings is 1. The van der Waals surface area contributed by atoms with Gasteiger partial charge in [-0.05, 0) is 31.9 Å². The Balaban J connectivity index is 2.98. The van der Waals surface area contributed by atoms with Crippen LogP contribution in [0.4, 0.5) is 5.69 Å². The van der Waals surface area contributed by atoms with Crippen molar-refractivity contribution in [2.24, 2.45) is 0 Å². The summed E-state index contributed by atoms with van der Waals surface area (Å²) in [5, 5.41) is 22.6. The summed E-state index contributed by atoms with van der Waals surface area (Å²) in [7, 11) is 0. The number of nitro groups is 1. The molecule has 0 saturated heterocycles. The number of carbonyl (C=O) groups excluding carboxylic acids is 1. The third-order valence-electron chi connectivity index (χ3n) is 3.21. The molecule has 1 aromatic rings. The van der Waals surface area contributed by atoms with Gasteiger partial charge in [0, 0.05) is 17.7 Å². The monoisotopic (exact) mass is 266 g/mol. The van der Waals surface area contributed by atoms with E-state index in [1.165, 1.54) is 18.2 Å². The Labute approximate surface area is 111 Å². The Morgan fingerprint density at radius 1 is 1.53 bits per heavy atom. The summed E-state index contributed by atoms with van der Waals surface area (Å²) in [6, 6.07) is 4.08. The second-order valence-electron chi connectivity index (χ2n) is 4.78. The molecule has 0 aliphatic heterocycles. The van der Waals surface area contributed by atoms with Crippen molar-refractivity contribution in [2.75, 3.05) is 6.61 Å². The van der Waals surface area contributed by atoms with Crippen molar-refractivity contribution in [1.82, 2.24) is 5.32 Å². The minimum atomic E-state index is -0.689. The molecule has 2 N–H and O–H groups in total. The first kappa shape index (κ1) is 15.1. The van der Waals surface area contributed by atoms with Crippen molar-refractivity contribution in [3.63, 3.8) is 0 Å². The highest BCUT2D eigenvalue weighted by Gasteiger charge is 2.24. The van der Waals surface area contributed by atoms with Gasteiger partial charge in [-0.2, -0.15) is 0 Å². The molecular formula is C13H18N2O4. The van der Waals surface area contributed by atoms with Gasteiger partial charge >= 0.3 is 0 Å². The fraction of sp³-hybridized carbons (Fsp3) is 0.462. The smallest absolute Gasteiger partial charge is 0.269 e. The number of carbonyl (C=O) groups is 1. The van der Waals surface area contributed by atoms with Crippen molar-refractivity contribution in [3.8, 4) is 0 Å². The van der Waals surface area contributed by atoms with Gasteiger partial charge in [0.25, 0.3) is 11.6 Å². The van der Waals surface area contributed by atoms with E-state index in [4.69, 9.17) is 0 Å². The van der Waals surface area contributed by atoms with E-state index in [2.05, 4.69) is 5.32 Å². The number of aryl methyl sites for hydroxylation is 1. The molecule has 1 aromatic carbocycles. The molecule has 0 fully saturated rings. The van der Waals surface area contributed by atoms with Gasteiger partial charge < -0.3 is 10.4 Å². The lowest BCUT2D eigenvalue weighted by molar-refractivity contribution is -0.384. The Hall–Kier alpha value is -1.95. The average molecular weight is 266 g/mol. The van der Waals surface area contributed by atoms with Gasteiger partial charge in [0.15, 0.2) is 0 Å². The van der Waals surface area contributed by atoms with E-state index in [0.717, 1.165) is 0 Å². The molecule has 1 atom stereocenters. The van der Waals surface area contributed by atoms with Crippen molar-refractivity contribution in [2.45, 2.75) is 32.7 Å². The van der Waals surface area contributed by atoms with Crippen LogP contribution in [0, 0.1) is 17.0 Å². The second kappa shape index (κ2) is 5.79. The highest BCUT2D eigenvalue weighted by atomic mass is 16.6. The summed E-state index contributed by atoms with van der Waals surface area (Å²) in [4.78, 5) is 22.2. The van der Waals surface area contributed by atoms with E-state index >= 15 is 0 Å². The standard InChI is InChI=1S/C13H18N2O4/c1-4-13(3,8-16)14-12(17)11-6-5-10(15(18)19)7-9(11)2/h5-7,16H,4,8H2,1-3H3,(H,14,17). The molecule has 0 bridgehead atoms. The first-order valence-electron chi connectivity index (χ1n) is 6.01. The summed E-state index contributed by atoms with van der Waals surface area (Å²) in [6.45, 7) is 5.08. The molecule has 0 heterocycles. The van der Waals surface area contributed by atoms with Crippen LogP contribution < -0.4 is 5.32 Å². The van der Waals surface area contributed by atoms with Crippen LogP contribution in [0.15, 0.2) is 18.2 Å². The number of amides is 1. The number of rotatable bonds is 5. The Morgan fingerprint density at radius 3 is 2.58 bits per heavy atom. The van der Waals surface area contributed by atoms with Gasteiger partial charge in [-0.3, -0.25) is 14.9 Å². The van der Waals surface area contributed by atoms with Crippen LogP contribution in [0.25, 0.3) is 0 Å². The predicted octanol–water partition coefficient (Wildman–Crippen LogP) is 1.79. The maximum absolute atomic E-state index is 12.1. The molecule has 1 rings (SSSR count). The molecule has 6 nitrogen and oxygen atoms in total. The van der Waals surface area contributed by atoms with Crippen LogP contribution in [0.2, 0.25) is 0 Å². The van der Waals surface area contributed by atoms with Crippen LogP contribution in [0.5, 0.6) is 0 Å². The maximum atomic E-state index is 12.1. The molecule has 1 unspecified atom stereocenters. The third kappa shape index (κ3) is 3.51. The highest BCUT2D eigenvalue weighted by Crippen LogP contribution is 2.18. The van der Waals surface area contributed by atoms with Crippen molar-refractivity contribution in [1.29, 1.82) is 0 Å². The largest absolute Gasteiger partial charge is 0.394 e. The number of hydrogen-bond acceptors (Lipinski definition) is 4. The second-order valence-corrected chi connectivity index (χ2v) is 4.78. The minimum absolute atomic E-state index is 0.0468. The lowest BCUT2D eigenvalue weighted by atomic mass is 9.98. The van der Waals surface area contributed by atoms with Crippen LogP contribution in [0.3, 0.4) is 0 Å². The SMILES string of the molecule is CCC(C)(CO)NC(=O)c1ccc([N+](=O)[O-])cc1C. The molecule has 104 valence electrons. The Bertz CT molecular complexity index is 495. The maximum Gasteiger partial charge on any atom is 0.269 e. The molecule has 0 aliphatic rings. The topological polar surface area (TPSA) is 92.5 Å². The minimum Gasteiger partial charge on any atom is -0.394 e.